The van der Waals surface area contributed by atoms with Crippen molar-refractivity contribution in [3.05, 3.63) is 5.69 Å². The summed E-state index contributed by atoms with van der Waals surface area (Å²) in [5.74, 6) is 0.431. The highest BCUT2D eigenvalue weighted by Gasteiger charge is 2.27. The van der Waals surface area contributed by atoms with Crippen molar-refractivity contribution in [2.45, 2.75) is 20.8 Å². The van der Waals surface area contributed by atoms with Crippen LogP contribution in [0.3, 0.4) is 0 Å². The van der Waals surface area contributed by atoms with Crippen molar-refractivity contribution in [2.24, 2.45) is 18.2 Å². The number of carbonyl (C=O) groups is 1. The van der Waals surface area contributed by atoms with Crippen molar-refractivity contribution < 1.29 is 4.79 Å². The molecular weight excluding hydrogens is 232 g/mol. The molecular formula is C11H18N6O. The smallest absolute Gasteiger partial charge is 0.232 e. The fraction of sp³-hybridized carbons (Fsp3) is 0.545. The third-order valence-electron chi connectivity index (χ3n) is 3.08. The lowest BCUT2D eigenvalue weighted by molar-refractivity contribution is -0.123. The van der Waals surface area contributed by atoms with E-state index in [4.69, 9.17) is 5.73 Å². The molecule has 0 aromatic carbocycles. The predicted octanol–water partition coefficient (Wildman–Crippen LogP) is 0.528. The number of fused-ring (bicyclic) bond motifs is 1. The molecule has 0 saturated heterocycles. The van der Waals surface area contributed by atoms with Gasteiger partial charge in [0.2, 0.25) is 5.91 Å². The zero-order valence-corrected chi connectivity index (χ0v) is 11.0. The van der Waals surface area contributed by atoms with Gasteiger partial charge in [-0.3, -0.25) is 9.89 Å². The van der Waals surface area contributed by atoms with E-state index in [-0.39, 0.29) is 12.5 Å². The van der Waals surface area contributed by atoms with E-state index >= 15 is 0 Å². The number of nitrogens with one attached hydrogen (secondary N) is 2. The van der Waals surface area contributed by atoms with Crippen molar-refractivity contribution in [1.29, 1.82) is 0 Å². The number of aryl methyl sites for hydroxylation is 2. The van der Waals surface area contributed by atoms with Gasteiger partial charge < -0.3 is 11.1 Å². The quantitative estimate of drug-likeness (QED) is 0.739. The van der Waals surface area contributed by atoms with Crippen LogP contribution in [0.15, 0.2) is 0 Å². The van der Waals surface area contributed by atoms with Gasteiger partial charge in [-0.05, 0) is 20.8 Å². The normalized spacial score (nSPS) is 12.1. The number of hydrogen-bond donors (Lipinski definition) is 3. The molecule has 7 nitrogen and oxygen atoms in total. The van der Waals surface area contributed by atoms with Gasteiger partial charge in [-0.15, -0.1) is 0 Å². The number of nitrogens with zero attached hydrogens (tertiary/aromatic N) is 3. The molecule has 0 bridgehead atoms. The van der Waals surface area contributed by atoms with Crippen molar-refractivity contribution in [2.75, 3.05) is 11.9 Å². The van der Waals surface area contributed by atoms with Crippen LogP contribution >= 0.6 is 0 Å². The second kappa shape index (κ2) is 4.09. The molecule has 0 fully saturated rings. The Bertz CT molecular complexity index is 594. The summed E-state index contributed by atoms with van der Waals surface area (Å²) < 4.78 is 1.67. The SMILES string of the molecule is Cc1nn(C)c2n[nH]c(NC(=O)C(C)(C)CN)c12. The molecule has 0 radical (unpaired) electrons. The van der Waals surface area contributed by atoms with Crippen molar-refractivity contribution in [1.82, 2.24) is 20.0 Å². The van der Waals surface area contributed by atoms with Crippen LogP contribution < -0.4 is 11.1 Å². The summed E-state index contributed by atoms with van der Waals surface area (Å²) in [6.07, 6.45) is 0. The molecule has 2 aromatic heterocycles. The molecule has 2 aromatic rings. The van der Waals surface area contributed by atoms with Gasteiger partial charge in [-0.25, -0.2) is 4.68 Å². The van der Waals surface area contributed by atoms with Gasteiger partial charge in [0, 0.05) is 13.6 Å². The van der Waals surface area contributed by atoms with Crippen molar-refractivity contribution in [3.63, 3.8) is 0 Å². The molecule has 0 unspecified atom stereocenters. The van der Waals surface area contributed by atoms with Crippen LogP contribution in [0.25, 0.3) is 11.0 Å². The molecule has 0 saturated carbocycles. The Morgan fingerprint density at radius 3 is 2.83 bits per heavy atom. The van der Waals surface area contributed by atoms with Gasteiger partial charge in [-0.1, -0.05) is 0 Å². The van der Waals surface area contributed by atoms with Crippen LogP contribution in [0.5, 0.6) is 0 Å². The van der Waals surface area contributed by atoms with Gasteiger partial charge in [-0.2, -0.15) is 10.2 Å². The second-order valence-corrected chi connectivity index (χ2v) is 5.05. The highest BCUT2D eigenvalue weighted by Crippen LogP contribution is 2.25. The maximum absolute atomic E-state index is 12.1. The largest absolute Gasteiger partial charge is 0.329 e. The van der Waals surface area contributed by atoms with Gasteiger partial charge in [0.25, 0.3) is 0 Å². The Morgan fingerprint density at radius 1 is 1.56 bits per heavy atom. The zero-order valence-electron chi connectivity index (χ0n) is 11.0. The molecule has 0 aliphatic carbocycles. The molecule has 2 rings (SSSR count). The van der Waals surface area contributed by atoms with Crippen LogP contribution in [-0.2, 0) is 11.8 Å². The standard InChI is InChI=1S/C11H18N6O/c1-6-7-8(13-10(18)11(2,3)5-12)14-15-9(7)17(4)16-6/h5,12H2,1-4H3,(H2,13,14,15,18). The summed E-state index contributed by atoms with van der Waals surface area (Å²) in [4.78, 5) is 12.1. The number of hydrogen-bond acceptors (Lipinski definition) is 4. The molecule has 0 aliphatic heterocycles. The Balaban J connectivity index is 2.36. The molecule has 98 valence electrons. The minimum absolute atomic E-state index is 0.140. The Morgan fingerprint density at radius 2 is 2.22 bits per heavy atom. The van der Waals surface area contributed by atoms with E-state index in [1.165, 1.54) is 0 Å². The highest BCUT2D eigenvalue weighted by atomic mass is 16.2. The maximum atomic E-state index is 12.1. The maximum Gasteiger partial charge on any atom is 0.232 e. The molecule has 4 N–H and O–H groups in total. The number of anilines is 1. The number of amides is 1. The number of rotatable bonds is 3. The van der Waals surface area contributed by atoms with Gasteiger partial charge >= 0.3 is 0 Å². The Kier molecular flexibility index (Phi) is 2.86. The summed E-state index contributed by atoms with van der Waals surface area (Å²) >= 11 is 0. The first-order valence-corrected chi connectivity index (χ1v) is 5.76. The third-order valence-corrected chi connectivity index (χ3v) is 3.08. The average Bonchev–Trinajstić information content (AvgIpc) is 2.83. The van der Waals surface area contributed by atoms with Crippen molar-refractivity contribution >= 4 is 22.8 Å². The van der Waals surface area contributed by atoms with Gasteiger partial charge in [0.05, 0.1) is 16.5 Å². The highest BCUT2D eigenvalue weighted by molar-refractivity contribution is 6.01. The molecule has 0 atom stereocenters. The molecule has 2 heterocycles. The van der Waals surface area contributed by atoms with E-state index in [2.05, 4.69) is 20.6 Å². The summed E-state index contributed by atoms with van der Waals surface area (Å²) in [6, 6.07) is 0. The number of nitrogens with two attached hydrogens (primary N) is 1. The minimum Gasteiger partial charge on any atom is -0.329 e. The molecule has 18 heavy (non-hydrogen) atoms. The lowest BCUT2D eigenvalue weighted by Gasteiger charge is -2.20. The van der Waals surface area contributed by atoms with E-state index in [1.807, 2.05) is 14.0 Å². The number of aromatic nitrogens is 4. The van der Waals surface area contributed by atoms with E-state index in [0.717, 1.165) is 11.1 Å². The average molecular weight is 250 g/mol. The first-order valence-electron chi connectivity index (χ1n) is 5.76. The van der Waals surface area contributed by atoms with Gasteiger partial charge in [0.1, 0.15) is 5.82 Å². The first kappa shape index (κ1) is 12.6. The van der Waals surface area contributed by atoms with Crippen LogP contribution in [0, 0.1) is 12.3 Å². The fourth-order valence-electron chi connectivity index (χ4n) is 1.70. The van der Waals surface area contributed by atoms with Crippen molar-refractivity contribution in [3.8, 4) is 0 Å². The number of aromatic amines is 1. The van der Waals surface area contributed by atoms with Crippen LogP contribution in [0.1, 0.15) is 19.5 Å². The molecule has 0 aliphatic rings. The summed E-state index contributed by atoms with van der Waals surface area (Å²) in [6.45, 7) is 5.75. The fourth-order valence-corrected chi connectivity index (χ4v) is 1.70. The Labute approximate surface area is 105 Å². The van der Waals surface area contributed by atoms with E-state index in [9.17, 15) is 4.79 Å². The monoisotopic (exact) mass is 250 g/mol. The second-order valence-electron chi connectivity index (χ2n) is 5.05. The van der Waals surface area contributed by atoms with E-state index < -0.39 is 5.41 Å². The molecule has 1 amide bonds. The summed E-state index contributed by atoms with van der Waals surface area (Å²) in [5.41, 5.74) is 6.50. The summed E-state index contributed by atoms with van der Waals surface area (Å²) in [7, 11) is 1.81. The predicted molar refractivity (Wildman–Crippen MR) is 69.1 cm³/mol. The first-order chi connectivity index (χ1) is 8.36. The Hall–Kier alpha value is -1.89. The summed E-state index contributed by atoms with van der Waals surface area (Å²) in [5, 5.41) is 14.9. The lowest BCUT2D eigenvalue weighted by atomic mass is 9.93. The lowest BCUT2D eigenvalue weighted by Crippen LogP contribution is -2.37. The van der Waals surface area contributed by atoms with Crippen LogP contribution in [0.2, 0.25) is 0 Å². The zero-order chi connectivity index (χ0) is 13.5. The van der Waals surface area contributed by atoms with E-state index in [1.54, 1.807) is 18.5 Å². The number of carbonyl (C=O) groups excluding carboxylic acids is 1. The topological polar surface area (TPSA) is 102 Å². The van der Waals surface area contributed by atoms with Gasteiger partial charge in [0.15, 0.2) is 5.65 Å². The number of H-pyrrole nitrogens is 1. The van der Waals surface area contributed by atoms with Crippen LogP contribution in [-0.4, -0.2) is 32.4 Å². The molecule has 0 spiro atoms. The third kappa shape index (κ3) is 1.86. The molecule has 7 heteroatoms. The minimum atomic E-state index is -0.618. The van der Waals surface area contributed by atoms with Crippen LogP contribution in [0.4, 0.5) is 5.82 Å². The van der Waals surface area contributed by atoms with E-state index in [0.29, 0.717) is 11.5 Å².